The van der Waals surface area contributed by atoms with E-state index >= 15 is 0 Å². The molecule has 1 saturated heterocycles. The Labute approximate surface area is 195 Å². The molecule has 1 amide bonds. The molecule has 1 N–H and O–H groups in total. The Balaban J connectivity index is 1.54. The molecule has 3 aromatic rings. The number of hydrogen-bond acceptors (Lipinski definition) is 6. The zero-order valence-corrected chi connectivity index (χ0v) is 19.5. The van der Waals surface area contributed by atoms with E-state index in [0.717, 1.165) is 16.9 Å². The first kappa shape index (κ1) is 22.8. The summed E-state index contributed by atoms with van der Waals surface area (Å²) in [6, 6.07) is 6.45. The van der Waals surface area contributed by atoms with Gasteiger partial charge < -0.3 is 5.32 Å². The number of aromatic nitrogens is 2. The molecule has 0 bridgehead atoms. The molecule has 170 valence electrons. The van der Waals surface area contributed by atoms with Crippen LogP contribution in [0.25, 0.3) is 10.9 Å². The molecule has 0 aliphatic carbocycles. The van der Waals surface area contributed by atoms with Crippen molar-refractivity contribution in [1.29, 1.82) is 0 Å². The number of aryl methyl sites for hydroxylation is 3. The molecule has 0 radical (unpaired) electrons. The first-order valence-corrected chi connectivity index (χ1v) is 11.8. The van der Waals surface area contributed by atoms with Crippen LogP contribution in [0.15, 0.2) is 46.7 Å². The second-order valence-corrected chi connectivity index (χ2v) is 9.17. The highest BCUT2D eigenvalue weighted by Crippen LogP contribution is 2.27. The van der Waals surface area contributed by atoms with Gasteiger partial charge in [0, 0.05) is 27.9 Å². The van der Waals surface area contributed by atoms with Crippen molar-refractivity contribution in [3.8, 4) is 0 Å². The zero-order valence-electron chi connectivity index (χ0n) is 18.6. The van der Waals surface area contributed by atoms with Gasteiger partial charge in [0.1, 0.15) is 11.9 Å². The molecule has 0 spiro atoms. The van der Waals surface area contributed by atoms with Crippen molar-refractivity contribution < 1.29 is 14.4 Å². The van der Waals surface area contributed by atoms with Gasteiger partial charge in [0.15, 0.2) is 0 Å². The van der Waals surface area contributed by atoms with Crippen LogP contribution in [0.3, 0.4) is 0 Å². The molecule has 3 heterocycles. The minimum Gasteiger partial charge on any atom is -0.329 e. The summed E-state index contributed by atoms with van der Waals surface area (Å²) >= 11 is 1.34. The average molecular weight is 464 g/mol. The SMILES string of the molecule is C=C1CCC(n2c(C)nc3c(CCC(=O)C(=O)c4ccc(CC)cc4)scc3c2=O)C(=O)N1. The van der Waals surface area contributed by atoms with E-state index in [2.05, 4.69) is 16.9 Å². The molecule has 1 aliphatic heterocycles. The molecule has 1 unspecified atom stereocenters. The number of nitrogens with one attached hydrogen (secondary N) is 1. The molecular weight excluding hydrogens is 438 g/mol. The van der Waals surface area contributed by atoms with E-state index in [0.29, 0.717) is 47.3 Å². The van der Waals surface area contributed by atoms with Gasteiger partial charge in [-0.2, -0.15) is 0 Å². The van der Waals surface area contributed by atoms with Crippen molar-refractivity contribution in [3.63, 3.8) is 0 Å². The quantitative estimate of drug-likeness (QED) is 0.426. The molecular formula is C25H25N3O4S. The Morgan fingerprint density at radius 2 is 1.97 bits per heavy atom. The van der Waals surface area contributed by atoms with Crippen LogP contribution < -0.4 is 10.9 Å². The number of Topliss-reactive ketones (excluding diaryl/α,β-unsaturated/α-hetero) is 2. The lowest BCUT2D eigenvalue weighted by molar-refractivity contribution is -0.125. The van der Waals surface area contributed by atoms with Crippen LogP contribution in [0.2, 0.25) is 0 Å². The third-order valence-electron chi connectivity index (χ3n) is 6.00. The third-order valence-corrected chi connectivity index (χ3v) is 7.04. The number of benzene rings is 1. The monoisotopic (exact) mass is 463 g/mol. The Hall–Kier alpha value is -3.39. The molecule has 0 saturated carbocycles. The summed E-state index contributed by atoms with van der Waals surface area (Å²) in [5.74, 6) is -0.790. The van der Waals surface area contributed by atoms with Crippen LogP contribution in [0.5, 0.6) is 0 Å². The summed E-state index contributed by atoms with van der Waals surface area (Å²) in [5.41, 5.74) is 2.40. The number of rotatable bonds is 7. The van der Waals surface area contributed by atoms with Gasteiger partial charge in [0.05, 0.1) is 10.9 Å². The maximum atomic E-state index is 13.2. The molecule has 1 atom stereocenters. The standard InChI is InChI=1S/C25H25N3O4S/c1-4-16-6-8-17(9-7-16)23(30)20(29)11-12-21-22-18(13-33-21)25(32)28(15(3)27-22)19-10-5-14(2)26-24(19)31/h6-9,13,19H,2,4-5,10-12H2,1,3H3,(H,26,31). The van der Waals surface area contributed by atoms with Gasteiger partial charge in [-0.05, 0) is 38.2 Å². The Bertz CT molecular complexity index is 1330. The minimum absolute atomic E-state index is 0.0426. The average Bonchev–Trinajstić information content (AvgIpc) is 3.21. The van der Waals surface area contributed by atoms with Gasteiger partial charge in [-0.15, -0.1) is 11.3 Å². The second kappa shape index (κ2) is 9.23. The fourth-order valence-electron chi connectivity index (χ4n) is 4.10. The fraction of sp³-hybridized carbons (Fsp3) is 0.320. The largest absolute Gasteiger partial charge is 0.329 e. The number of ketones is 2. The predicted molar refractivity (Wildman–Crippen MR) is 128 cm³/mol. The van der Waals surface area contributed by atoms with Crippen LogP contribution in [0.1, 0.15) is 58.9 Å². The summed E-state index contributed by atoms with van der Waals surface area (Å²) in [7, 11) is 0. The van der Waals surface area contributed by atoms with Gasteiger partial charge in [-0.3, -0.25) is 23.7 Å². The number of carbonyl (C=O) groups excluding carboxylic acids is 3. The molecule has 33 heavy (non-hydrogen) atoms. The van der Waals surface area contributed by atoms with E-state index in [1.807, 2.05) is 19.1 Å². The fourth-order valence-corrected chi connectivity index (χ4v) is 5.06. The first-order valence-electron chi connectivity index (χ1n) is 10.9. The van der Waals surface area contributed by atoms with Gasteiger partial charge in [-0.25, -0.2) is 4.98 Å². The number of nitrogens with zero attached hydrogens (tertiary/aromatic N) is 2. The van der Waals surface area contributed by atoms with Crippen LogP contribution >= 0.6 is 11.3 Å². The number of allylic oxidation sites excluding steroid dienone is 1. The lowest BCUT2D eigenvalue weighted by atomic mass is 10.0. The van der Waals surface area contributed by atoms with Crippen molar-refractivity contribution in [2.75, 3.05) is 0 Å². The lowest BCUT2D eigenvalue weighted by Crippen LogP contribution is -2.41. The molecule has 1 aliphatic rings. The molecule has 1 aromatic carbocycles. The Morgan fingerprint density at radius 3 is 2.64 bits per heavy atom. The predicted octanol–water partition coefficient (Wildman–Crippen LogP) is 3.68. The van der Waals surface area contributed by atoms with E-state index in [1.165, 1.54) is 15.9 Å². The number of fused-ring (bicyclic) bond motifs is 1. The van der Waals surface area contributed by atoms with Crippen molar-refractivity contribution in [3.05, 3.63) is 74.1 Å². The van der Waals surface area contributed by atoms with E-state index in [1.54, 1.807) is 24.4 Å². The number of carbonyl (C=O) groups is 3. The number of hydrogen-bond donors (Lipinski definition) is 1. The van der Waals surface area contributed by atoms with E-state index in [9.17, 15) is 19.2 Å². The molecule has 1 fully saturated rings. The maximum Gasteiger partial charge on any atom is 0.262 e. The van der Waals surface area contributed by atoms with Crippen molar-refractivity contribution >= 4 is 39.7 Å². The molecule has 2 aromatic heterocycles. The topological polar surface area (TPSA) is 98.1 Å². The molecule has 4 rings (SSSR count). The van der Waals surface area contributed by atoms with Gasteiger partial charge in [-0.1, -0.05) is 37.8 Å². The number of thiophene rings is 1. The Kier molecular flexibility index (Phi) is 6.37. The van der Waals surface area contributed by atoms with Crippen LogP contribution in [0, 0.1) is 6.92 Å². The Morgan fingerprint density at radius 1 is 1.24 bits per heavy atom. The molecule has 7 nitrogen and oxygen atoms in total. The van der Waals surface area contributed by atoms with Crippen LogP contribution in [-0.4, -0.2) is 27.0 Å². The summed E-state index contributed by atoms with van der Waals surface area (Å²) in [5, 5.41) is 4.85. The van der Waals surface area contributed by atoms with E-state index < -0.39 is 17.6 Å². The highest BCUT2D eigenvalue weighted by Gasteiger charge is 2.29. The van der Waals surface area contributed by atoms with E-state index in [4.69, 9.17) is 0 Å². The lowest BCUT2D eigenvalue weighted by Gasteiger charge is -2.26. The third kappa shape index (κ3) is 4.43. The van der Waals surface area contributed by atoms with Crippen LogP contribution in [0.4, 0.5) is 0 Å². The van der Waals surface area contributed by atoms with Crippen molar-refractivity contribution in [1.82, 2.24) is 14.9 Å². The van der Waals surface area contributed by atoms with Gasteiger partial charge in [0.25, 0.3) is 5.56 Å². The molecule has 8 heteroatoms. The van der Waals surface area contributed by atoms with Crippen molar-refractivity contribution in [2.24, 2.45) is 0 Å². The van der Waals surface area contributed by atoms with Crippen LogP contribution in [-0.2, 0) is 22.4 Å². The number of piperidine rings is 1. The zero-order chi connectivity index (χ0) is 23.7. The maximum absolute atomic E-state index is 13.2. The first-order chi connectivity index (χ1) is 15.8. The summed E-state index contributed by atoms with van der Waals surface area (Å²) in [6.07, 6.45) is 2.33. The van der Waals surface area contributed by atoms with Crippen molar-refractivity contribution in [2.45, 2.75) is 52.0 Å². The summed E-state index contributed by atoms with van der Waals surface area (Å²) in [4.78, 5) is 56.0. The highest BCUT2D eigenvalue weighted by atomic mass is 32.1. The summed E-state index contributed by atoms with van der Waals surface area (Å²) in [6.45, 7) is 7.51. The summed E-state index contributed by atoms with van der Waals surface area (Å²) < 4.78 is 1.44. The second-order valence-electron chi connectivity index (χ2n) is 8.21. The van der Waals surface area contributed by atoms with Gasteiger partial charge >= 0.3 is 0 Å². The van der Waals surface area contributed by atoms with E-state index in [-0.39, 0.29) is 17.9 Å². The minimum atomic E-state index is -0.624. The highest BCUT2D eigenvalue weighted by molar-refractivity contribution is 7.11. The number of amides is 1. The van der Waals surface area contributed by atoms with Gasteiger partial charge in [0.2, 0.25) is 17.5 Å². The normalized spacial score (nSPS) is 16.1. The smallest absolute Gasteiger partial charge is 0.262 e.